The van der Waals surface area contributed by atoms with Crippen molar-refractivity contribution in [2.24, 2.45) is 11.8 Å². The van der Waals surface area contributed by atoms with Crippen LogP contribution in [0, 0.1) is 11.8 Å². The summed E-state index contributed by atoms with van der Waals surface area (Å²) in [6.45, 7) is 0. The number of fused-ring (bicyclic) bond motifs is 2. The SMILES string of the molecule is O=C(O[C@H]1C[C@@H]2C[C@H]1C[C@@H]2OC(=O)c1cc(Cl)cc(Cl)c1)c1cc(Cl)cc(Cl)c1. The molecule has 2 saturated carbocycles. The summed E-state index contributed by atoms with van der Waals surface area (Å²) in [6, 6.07) is 9.24. The fourth-order valence-corrected chi connectivity index (χ4v) is 5.27. The van der Waals surface area contributed by atoms with Crippen LogP contribution in [0.2, 0.25) is 20.1 Å². The molecule has 4 nitrogen and oxygen atoms in total. The number of carbonyl (C=O) groups excluding carboxylic acids is 2. The van der Waals surface area contributed by atoms with E-state index in [2.05, 4.69) is 0 Å². The predicted octanol–water partition coefficient (Wildman–Crippen LogP) is 6.48. The lowest BCUT2D eigenvalue weighted by molar-refractivity contribution is -0.0153. The second-order valence-corrected chi connectivity index (χ2v) is 9.18. The first-order valence-corrected chi connectivity index (χ1v) is 10.6. The third kappa shape index (κ3) is 4.66. The summed E-state index contributed by atoms with van der Waals surface area (Å²) in [4.78, 5) is 24.9. The monoisotopic (exact) mass is 472 g/mol. The second kappa shape index (κ2) is 8.35. The van der Waals surface area contributed by atoms with Crippen molar-refractivity contribution in [2.45, 2.75) is 31.5 Å². The summed E-state index contributed by atoms with van der Waals surface area (Å²) in [6.07, 6.45) is 1.74. The maximum Gasteiger partial charge on any atom is 0.338 e. The largest absolute Gasteiger partial charge is 0.458 e. The van der Waals surface area contributed by atoms with Crippen LogP contribution in [0.25, 0.3) is 0 Å². The highest BCUT2D eigenvalue weighted by Gasteiger charge is 2.49. The fraction of sp³-hybridized carbons (Fsp3) is 0.333. The molecule has 0 spiro atoms. The highest BCUT2D eigenvalue weighted by Crippen LogP contribution is 2.48. The van der Waals surface area contributed by atoms with E-state index in [1.807, 2.05) is 0 Å². The number of benzene rings is 2. The number of hydrogen-bond donors (Lipinski definition) is 0. The van der Waals surface area contributed by atoms with Crippen LogP contribution in [0.3, 0.4) is 0 Å². The molecule has 0 unspecified atom stereocenters. The maximum absolute atomic E-state index is 12.4. The van der Waals surface area contributed by atoms with Crippen LogP contribution >= 0.6 is 46.4 Å². The van der Waals surface area contributed by atoms with Crippen LogP contribution in [0.1, 0.15) is 40.0 Å². The molecule has 2 aromatic rings. The number of hydrogen-bond acceptors (Lipinski definition) is 4. The van der Waals surface area contributed by atoms with Crippen LogP contribution in [0.4, 0.5) is 0 Å². The van der Waals surface area contributed by atoms with E-state index in [0.717, 1.165) is 6.42 Å². The Bertz CT molecular complexity index is 859. The minimum absolute atomic E-state index is 0.152. The van der Waals surface area contributed by atoms with Gasteiger partial charge < -0.3 is 9.47 Å². The molecule has 2 bridgehead atoms. The van der Waals surface area contributed by atoms with E-state index in [1.54, 1.807) is 12.1 Å². The third-order valence-electron chi connectivity index (χ3n) is 5.44. The van der Waals surface area contributed by atoms with Gasteiger partial charge in [-0.3, -0.25) is 0 Å². The maximum atomic E-state index is 12.4. The number of esters is 2. The van der Waals surface area contributed by atoms with Crippen LogP contribution in [-0.2, 0) is 9.47 Å². The van der Waals surface area contributed by atoms with Crippen LogP contribution in [0.5, 0.6) is 0 Å². The lowest BCUT2D eigenvalue weighted by Crippen LogP contribution is -2.32. The Labute approximate surface area is 188 Å². The molecule has 4 rings (SSSR count). The summed E-state index contributed by atoms with van der Waals surface area (Å²) in [5.74, 6) is -0.596. The van der Waals surface area contributed by atoms with Crippen LogP contribution < -0.4 is 0 Å². The van der Waals surface area contributed by atoms with Gasteiger partial charge in [0.1, 0.15) is 12.2 Å². The Morgan fingerprint density at radius 2 is 0.966 bits per heavy atom. The van der Waals surface area contributed by atoms with Crippen LogP contribution in [0.15, 0.2) is 36.4 Å². The molecule has 0 amide bonds. The first-order chi connectivity index (χ1) is 13.8. The molecule has 0 aromatic heterocycles. The summed E-state index contributed by atoms with van der Waals surface area (Å²) in [5.41, 5.74) is 0.650. The Morgan fingerprint density at radius 3 is 1.28 bits per heavy atom. The smallest absolute Gasteiger partial charge is 0.338 e. The predicted molar refractivity (Wildman–Crippen MR) is 112 cm³/mol. The van der Waals surface area contributed by atoms with Gasteiger partial charge >= 0.3 is 11.9 Å². The van der Waals surface area contributed by atoms with Crippen molar-refractivity contribution in [2.75, 3.05) is 0 Å². The van der Waals surface area contributed by atoms with Crippen molar-refractivity contribution >= 4 is 58.3 Å². The van der Waals surface area contributed by atoms with Gasteiger partial charge in [-0.1, -0.05) is 46.4 Å². The fourth-order valence-electron chi connectivity index (χ4n) is 4.21. The molecule has 0 heterocycles. The molecule has 152 valence electrons. The Hall–Kier alpha value is -1.46. The average Bonchev–Trinajstić information content (AvgIpc) is 3.19. The van der Waals surface area contributed by atoms with Gasteiger partial charge in [-0.25, -0.2) is 9.59 Å². The van der Waals surface area contributed by atoms with Crippen molar-refractivity contribution in [1.29, 1.82) is 0 Å². The Morgan fingerprint density at radius 1 is 0.621 bits per heavy atom. The third-order valence-corrected chi connectivity index (χ3v) is 6.31. The van der Waals surface area contributed by atoms with Gasteiger partial charge in [-0.05, 0) is 67.5 Å². The zero-order chi connectivity index (χ0) is 20.7. The minimum Gasteiger partial charge on any atom is -0.458 e. The molecule has 29 heavy (non-hydrogen) atoms. The normalized spacial score (nSPS) is 25.1. The first-order valence-electron chi connectivity index (χ1n) is 9.12. The van der Waals surface area contributed by atoms with Gasteiger partial charge in [0.05, 0.1) is 11.1 Å². The van der Waals surface area contributed by atoms with E-state index in [9.17, 15) is 9.59 Å². The lowest BCUT2D eigenvalue weighted by Gasteiger charge is -2.27. The highest BCUT2D eigenvalue weighted by atomic mass is 35.5. The second-order valence-electron chi connectivity index (χ2n) is 7.43. The molecular weight excluding hydrogens is 458 g/mol. The standard InChI is InChI=1S/C21H16Cl4O4/c22-14-2-12(3-15(23)8-14)20(26)28-18-6-11-1-10(18)7-19(11)29-21(27)13-4-16(24)9-17(25)5-13/h2-5,8-11,18-19H,1,6-7H2/t10-,11-,18-,19-/m0/s1. The van der Waals surface area contributed by atoms with Gasteiger partial charge in [-0.2, -0.15) is 0 Å². The Balaban J connectivity index is 1.36. The van der Waals surface area contributed by atoms with Gasteiger partial charge in [-0.15, -0.1) is 0 Å². The lowest BCUT2D eigenvalue weighted by atomic mass is 9.95. The quantitative estimate of drug-likeness (QED) is 0.476. The minimum atomic E-state index is -0.450. The van der Waals surface area contributed by atoms with E-state index in [1.165, 1.54) is 24.3 Å². The van der Waals surface area contributed by atoms with Gasteiger partial charge in [0.15, 0.2) is 0 Å². The van der Waals surface area contributed by atoms with Gasteiger partial charge in [0, 0.05) is 20.1 Å². The average molecular weight is 474 g/mol. The van der Waals surface area contributed by atoms with Crippen LogP contribution in [-0.4, -0.2) is 24.1 Å². The van der Waals surface area contributed by atoms with E-state index in [-0.39, 0.29) is 24.0 Å². The first kappa shape index (κ1) is 20.8. The van der Waals surface area contributed by atoms with E-state index in [4.69, 9.17) is 55.9 Å². The number of carbonyl (C=O) groups is 2. The van der Waals surface area contributed by atoms with Gasteiger partial charge in [0.25, 0.3) is 0 Å². The molecular formula is C21H16Cl4O4. The summed E-state index contributed by atoms with van der Waals surface area (Å²) in [7, 11) is 0. The van der Waals surface area contributed by atoms with E-state index in [0.29, 0.717) is 44.1 Å². The topological polar surface area (TPSA) is 52.6 Å². The molecule has 0 N–H and O–H groups in total. The van der Waals surface area contributed by atoms with Crippen molar-refractivity contribution < 1.29 is 19.1 Å². The zero-order valence-corrected chi connectivity index (χ0v) is 18.1. The molecule has 2 fully saturated rings. The number of rotatable bonds is 4. The van der Waals surface area contributed by atoms with Gasteiger partial charge in [0.2, 0.25) is 0 Å². The number of halogens is 4. The van der Waals surface area contributed by atoms with Crippen molar-refractivity contribution in [3.8, 4) is 0 Å². The molecule has 0 aliphatic heterocycles. The summed E-state index contributed by atoms with van der Waals surface area (Å²) < 4.78 is 11.4. The molecule has 2 aliphatic carbocycles. The molecule has 0 saturated heterocycles. The van der Waals surface area contributed by atoms with Crippen molar-refractivity contribution in [3.63, 3.8) is 0 Å². The zero-order valence-electron chi connectivity index (χ0n) is 15.0. The van der Waals surface area contributed by atoms with Crippen molar-refractivity contribution in [3.05, 3.63) is 67.6 Å². The molecule has 2 aromatic carbocycles. The van der Waals surface area contributed by atoms with E-state index >= 15 is 0 Å². The highest BCUT2D eigenvalue weighted by molar-refractivity contribution is 6.35. The number of ether oxygens (including phenoxy) is 2. The molecule has 8 heteroatoms. The molecule has 2 aliphatic rings. The Kier molecular flexibility index (Phi) is 5.99. The molecule has 0 radical (unpaired) electrons. The van der Waals surface area contributed by atoms with E-state index < -0.39 is 11.9 Å². The molecule has 4 atom stereocenters. The van der Waals surface area contributed by atoms with Crippen molar-refractivity contribution in [1.82, 2.24) is 0 Å². The summed E-state index contributed by atoms with van der Waals surface area (Å²) >= 11 is 23.8. The summed E-state index contributed by atoms with van der Waals surface area (Å²) in [5, 5.41) is 1.52.